The van der Waals surface area contributed by atoms with Gasteiger partial charge in [-0.15, -0.1) is 0 Å². The van der Waals surface area contributed by atoms with Crippen molar-refractivity contribution in [2.75, 3.05) is 0 Å². The van der Waals surface area contributed by atoms with Crippen molar-refractivity contribution in [3.8, 4) is 0 Å². The van der Waals surface area contributed by atoms with Crippen LogP contribution < -0.4 is 0 Å². The van der Waals surface area contributed by atoms with E-state index in [1.807, 2.05) is 0 Å². The van der Waals surface area contributed by atoms with E-state index in [0.29, 0.717) is 6.42 Å². The van der Waals surface area contributed by atoms with Crippen LogP contribution >= 0.6 is 0 Å². The smallest absolute Gasteiger partial charge is 0.303 e. The molecule has 0 radical (unpaired) electrons. The molecule has 4 heteroatoms. The minimum absolute atomic E-state index is 0.0525. The average Bonchev–Trinajstić information content (AvgIpc) is 2.26. The third kappa shape index (κ3) is 1.94. The molecule has 1 fully saturated rings. The van der Waals surface area contributed by atoms with Gasteiger partial charge in [-0.05, 0) is 6.42 Å². The topological polar surface area (TPSA) is 60.4 Å². The van der Waals surface area contributed by atoms with Gasteiger partial charge in [-0.1, -0.05) is 6.92 Å². The van der Waals surface area contributed by atoms with Crippen molar-refractivity contribution >= 4 is 17.5 Å². The Labute approximate surface area is 76.3 Å². The third-order valence-corrected chi connectivity index (χ3v) is 2.15. The SMILES string of the molecule is CCC1C(=O)CC(OC(C)=O)C1=O. The predicted molar refractivity (Wildman–Crippen MR) is 44.0 cm³/mol. The number of carbonyl (C=O) groups excluding carboxylic acids is 3. The Hall–Kier alpha value is -1.19. The fraction of sp³-hybridized carbons (Fsp3) is 0.667. The zero-order valence-electron chi connectivity index (χ0n) is 7.70. The minimum atomic E-state index is -0.824. The fourth-order valence-electron chi connectivity index (χ4n) is 1.54. The first-order valence-corrected chi connectivity index (χ1v) is 4.30. The van der Waals surface area contributed by atoms with Crippen molar-refractivity contribution in [2.45, 2.75) is 32.8 Å². The Balaban J connectivity index is 2.67. The van der Waals surface area contributed by atoms with Gasteiger partial charge in [-0.3, -0.25) is 14.4 Å². The number of rotatable bonds is 2. The molecular weight excluding hydrogens is 172 g/mol. The van der Waals surface area contributed by atoms with Crippen LogP contribution in [0.25, 0.3) is 0 Å². The number of ketones is 2. The maximum atomic E-state index is 11.4. The molecule has 1 aliphatic carbocycles. The molecule has 2 unspecified atom stereocenters. The first-order valence-electron chi connectivity index (χ1n) is 4.30. The third-order valence-electron chi connectivity index (χ3n) is 2.15. The van der Waals surface area contributed by atoms with Crippen molar-refractivity contribution in [1.29, 1.82) is 0 Å². The number of esters is 1. The van der Waals surface area contributed by atoms with Gasteiger partial charge in [-0.25, -0.2) is 0 Å². The van der Waals surface area contributed by atoms with Crippen molar-refractivity contribution in [3.63, 3.8) is 0 Å². The first-order chi connectivity index (χ1) is 6.06. The molecule has 13 heavy (non-hydrogen) atoms. The monoisotopic (exact) mass is 184 g/mol. The standard InChI is InChI=1S/C9H12O4/c1-3-6-7(11)4-8(9(6)12)13-5(2)10/h6,8H,3-4H2,1-2H3. The van der Waals surface area contributed by atoms with Gasteiger partial charge in [0.15, 0.2) is 11.9 Å². The number of hydrogen-bond acceptors (Lipinski definition) is 4. The molecule has 0 spiro atoms. The summed E-state index contributed by atoms with van der Waals surface area (Å²) >= 11 is 0. The predicted octanol–water partition coefficient (Wildman–Crippen LogP) is 0.486. The van der Waals surface area contributed by atoms with Gasteiger partial charge < -0.3 is 4.74 Å². The fourth-order valence-corrected chi connectivity index (χ4v) is 1.54. The lowest BCUT2D eigenvalue weighted by molar-refractivity contribution is -0.152. The molecule has 0 bridgehead atoms. The molecule has 0 amide bonds. The second kappa shape index (κ2) is 3.68. The molecule has 0 saturated heterocycles. The van der Waals surface area contributed by atoms with Gasteiger partial charge in [0, 0.05) is 6.92 Å². The molecule has 0 N–H and O–H groups in total. The highest BCUT2D eigenvalue weighted by Gasteiger charge is 2.41. The van der Waals surface area contributed by atoms with Gasteiger partial charge in [-0.2, -0.15) is 0 Å². The molecule has 1 aliphatic rings. The van der Waals surface area contributed by atoms with Gasteiger partial charge >= 0.3 is 5.97 Å². The van der Waals surface area contributed by atoms with Crippen LogP contribution in [0.2, 0.25) is 0 Å². The van der Waals surface area contributed by atoms with Crippen LogP contribution in [0.1, 0.15) is 26.7 Å². The highest BCUT2D eigenvalue weighted by atomic mass is 16.5. The summed E-state index contributed by atoms with van der Waals surface area (Å²) in [6.07, 6.45) is -0.276. The van der Waals surface area contributed by atoms with E-state index in [1.54, 1.807) is 6.92 Å². The highest BCUT2D eigenvalue weighted by Crippen LogP contribution is 2.23. The Morgan fingerprint density at radius 2 is 2.15 bits per heavy atom. The molecular formula is C9H12O4. The van der Waals surface area contributed by atoms with Crippen LogP contribution in [0, 0.1) is 5.92 Å². The number of Topliss-reactive ketones (excluding diaryl/α,β-unsaturated/α-hetero) is 2. The molecule has 2 atom stereocenters. The molecule has 1 rings (SSSR count). The second-order valence-electron chi connectivity index (χ2n) is 3.13. The molecule has 0 heterocycles. The zero-order chi connectivity index (χ0) is 10.0. The Bertz CT molecular complexity index is 256. The first kappa shape index (κ1) is 9.89. The van der Waals surface area contributed by atoms with E-state index >= 15 is 0 Å². The van der Waals surface area contributed by atoms with E-state index in [0.717, 1.165) is 0 Å². The normalized spacial score (nSPS) is 27.8. The van der Waals surface area contributed by atoms with E-state index in [2.05, 4.69) is 0 Å². The summed E-state index contributed by atoms with van der Waals surface area (Å²) in [5.74, 6) is -1.42. The maximum absolute atomic E-state index is 11.4. The number of carbonyl (C=O) groups is 3. The van der Waals surface area contributed by atoms with Crippen LogP contribution in [0.15, 0.2) is 0 Å². The molecule has 0 aliphatic heterocycles. The van der Waals surface area contributed by atoms with Crippen molar-refractivity contribution in [3.05, 3.63) is 0 Å². The van der Waals surface area contributed by atoms with Crippen molar-refractivity contribution < 1.29 is 19.1 Å². The molecule has 1 saturated carbocycles. The van der Waals surface area contributed by atoms with E-state index < -0.39 is 18.0 Å². The van der Waals surface area contributed by atoms with Crippen LogP contribution in [0.3, 0.4) is 0 Å². The summed E-state index contributed by atoms with van der Waals surface area (Å²) in [5, 5.41) is 0. The summed E-state index contributed by atoms with van der Waals surface area (Å²) in [7, 11) is 0. The van der Waals surface area contributed by atoms with Gasteiger partial charge in [0.1, 0.15) is 5.78 Å². The van der Waals surface area contributed by atoms with Crippen LogP contribution in [0.5, 0.6) is 0 Å². The van der Waals surface area contributed by atoms with Gasteiger partial charge in [0.25, 0.3) is 0 Å². The largest absolute Gasteiger partial charge is 0.454 e. The van der Waals surface area contributed by atoms with E-state index in [4.69, 9.17) is 4.74 Å². The maximum Gasteiger partial charge on any atom is 0.303 e. The quantitative estimate of drug-likeness (QED) is 0.462. The molecule has 4 nitrogen and oxygen atoms in total. The minimum Gasteiger partial charge on any atom is -0.454 e. The van der Waals surface area contributed by atoms with Gasteiger partial charge in [0.05, 0.1) is 12.3 Å². The number of ether oxygens (including phenoxy) is 1. The van der Waals surface area contributed by atoms with Gasteiger partial charge in [0.2, 0.25) is 0 Å². The summed E-state index contributed by atoms with van der Waals surface area (Å²) in [6, 6.07) is 0. The molecule has 0 aromatic heterocycles. The lowest BCUT2D eigenvalue weighted by Gasteiger charge is -2.07. The summed E-state index contributed by atoms with van der Waals surface area (Å²) < 4.78 is 4.72. The summed E-state index contributed by atoms with van der Waals surface area (Å²) in [5.41, 5.74) is 0. The van der Waals surface area contributed by atoms with Crippen molar-refractivity contribution in [2.24, 2.45) is 5.92 Å². The highest BCUT2D eigenvalue weighted by molar-refractivity contribution is 6.11. The number of hydrogen-bond donors (Lipinski definition) is 0. The summed E-state index contributed by atoms with van der Waals surface area (Å²) in [4.78, 5) is 33.1. The van der Waals surface area contributed by atoms with Crippen LogP contribution in [0.4, 0.5) is 0 Å². The molecule has 0 aromatic carbocycles. The van der Waals surface area contributed by atoms with E-state index in [1.165, 1.54) is 6.92 Å². The summed E-state index contributed by atoms with van der Waals surface area (Å²) in [6.45, 7) is 3.01. The average molecular weight is 184 g/mol. The molecule has 0 aromatic rings. The van der Waals surface area contributed by atoms with Crippen molar-refractivity contribution in [1.82, 2.24) is 0 Å². The van der Waals surface area contributed by atoms with E-state index in [-0.39, 0.29) is 18.0 Å². The zero-order valence-corrected chi connectivity index (χ0v) is 7.70. The lowest BCUT2D eigenvalue weighted by atomic mass is 10.0. The Kier molecular flexibility index (Phi) is 2.80. The lowest BCUT2D eigenvalue weighted by Crippen LogP contribution is -2.24. The van der Waals surface area contributed by atoms with Crippen LogP contribution in [-0.2, 0) is 19.1 Å². The second-order valence-corrected chi connectivity index (χ2v) is 3.13. The van der Waals surface area contributed by atoms with Crippen LogP contribution in [-0.4, -0.2) is 23.6 Å². The molecule has 72 valence electrons. The Morgan fingerprint density at radius 1 is 1.54 bits per heavy atom. The Morgan fingerprint density at radius 3 is 2.54 bits per heavy atom. The van der Waals surface area contributed by atoms with E-state index in [9.17, 15) is 14.4 Å².